The standard InChI is InChI=1S/C21H30BrN4.C15H18N4.C13H16N4.BrH/c1-3-26(4-2)21-11-9-19(10-12-21)23-24-20-13-17-25(18-14-20)16-8-6-5-7-15-22;1-3-19(4-2)15-7-5-13(6-8-15)17-18-14-9-11-16-12-10-14;1-17(2)13-7-5-11(6-8-13)15-16-12-4-3-9-14-10-12;/h9-14,17-18H,3-8,15-16H2,1-2H3;5-12H,3-4H2,1-2H3;3-10,15-16H,1-2H3;1H/q+1;;;/p-1. The number of alkyl halides is 1. The van der Waals surface area contributed by atoms with Gasteiger partial charge in [-0.15, -0.1) is 0 Å². The van der Waals surface area contributed by atoms with E-state index in [0.29, 0.717) is 0 Å². The molecule has 12 nitrogen and oxygen atoms in total. The Hall–Kier alpha value is -5.73. The first kappa shape index (κ1) is 51.6. The van der Waals surface area contributed by atoms with Gasteiger partial charge >= 0.3 is 0 Å². The smallest absolute Gasteiger partial charge is 0.171 e. The average Bonchev–Trinajstić information content (AvgIpc) is 3.32. The topological polar surface area (TPSA) is 113 Å². The lowest BCUT2D eigenvalue weighted by molar-refractivity contribution is -0.697. The predicted molar refractivity (Wildman–Crippen MR) is 264 cm³/mol. The number of aryl methyl sites for hydroxylation is 1. The molecule has 0 bridgehead atoms. The lowest BCUT2D eigenvalue weighted by Crippen LogP contribution is -3.00. The summed E-state index contributed by atoms with van der Waals surface area (Å²) < 4.78 is 2.21. The van der Waals surface area contributed by atoms with E-state index in [-0.39, 0.29) is 17.0 Å². The van der Waals surface area contributed by atoms with Gasteiger partial charge in [0, 0.05) is 99.8 Å². The minimum atomic E-state index is 0. The van der Waals surface area contributed by atoms with Crippen molar-refractivity contribution in [3.05, 3.63) is 146 Å². The van der Waals surface area contributed by atoms with E-state index in [2.05, 4.69) is 153 Å². The van der Waals surface area contributed by atoms with Gasteiger partial charge in [0.05, 0.1) is 40.3 Å². The second-order valence-electron chi connectivity index (χ2n) is 14.3. The number of aromatic nitrogens is 3. The van der Waals surface area contributed by atoms with E-state index >= 15 is 0 Å². The molecule has 0 saturated carbocycles. The summed E-state index contributed by atoms with van der Waals surface area (Å²) >= 11 is 3.48. The van der Waals surface area contributed by atoms with E-state index in [1.807, 2.05) is 86.9 Å². The van der Waals surface area contributed by atoms with Gasteiger partial charge in [-0.25, -0.2) is 4.57 Å². The zero-order valence-electron chi connectivity index (χ0n) is 37.7. The maximum Gasteiger partial charge on any atom is 0.171 e. The van der Waals surface area contributed by atoms with Crippen LogP contribution in [-0.4, -0.2) is 55.6 Å². The van der Waals surface area contributed by atoms with Gasteiger partial charge in [-0.3, -0.25) is 15.4 Å². The van der Waals surface area contributed by atoms with Gasteiger partial charge in [0.1, 0.15) is 6.54 Å². The number of hydrogen-bond acceptors (Lipinski definition) is 11. The fourth-order valence-electron chi connectivity index (χ4n) is 6.11. The van der Waals surface area contributed by atoms with Crippen molar-refractivity contribution in [1.29, 1.82) is 0 Å². The van der Waals surface area contributed by atoms with Crippen LogP contribution in [0.5, 0.6) is 0 Å². The molecule has 3 aromatic carbocycles. The van der Waals surface area contributed by atoms with E-state index in [4.69, 9.17) is 0 Å². The molecule has 6 aromatic rings. The summed E-state index contributed by atoms with van der Waals surface area (Å²) in [5, 5.41) is 18.2. The Morgan fingerprint density at radius 1 is 0.508 bits per heavy atom. The molecule has 0 aliphatic rings. The van der Waals surface area contributed by atoms with Crippen molar-refractivity contribution in [2.45, 2.75) is 59.9 Å². The third-order valence-electron chi connectivity index (χ3n) is 9.75. The molecule has 63 heavy (non-hydrogen) atoms. The molecule has 0 amide bonds. The van der Waals surface area contributed by atoms with Crippen LogP contribution < -0.4 is 47.1 Å². The third kappa shape index (κ3) is 19.5. The molecular weight excluding hydrogens is 916 g/mol. The Labute approximate surface area is 394 Å². The maximum atomic E-state index is 4.35. The summed E-state index contributed by atoms with van der Waals surface area (Å²) in [5.41, 5.74) is 15.2. The minimum Gasteiger partial charge on any atom is -1.00 e. The van der Waals surface area contributed by atoms with Crippen LogP contribution in [0.25, 0.3) is 0 Å². The van der Waals surface area contributed by atoms with Crippen LogP contribution in [0.2, 0.25) is 0 Å². The van der Waals surface area contributed by atoms with Crippen molar-refractivity contribution in [3.63, 3.8) is 0 Å². The molecule has 0 atom stereocenters. The van der Waals surface area contributed by atoms with Gasteiger partial charge in [0.25, 0.3) is 0 Å². The summed E-state index contributed by atoms with van der Waals surface area (Å²) in [7, 11) is 4.05. The van der Waals surface area contributed by atoms with Gasteiger partial charge < -0.3 is 37.1 Å². The highest BCUT2D eigenvalue weighted by atomic mass is 79.9. The molecule has 334 valence electrons. The maximum absolute atomic E-state index is 4.35. The quantitative estimate of drug-likeness (QED) is 0.0258. The lowest BCUT2D eigenvalue weighted by atomic mass is 10.2. The molecule has 0 unspecified atom stereocenters. The summed E-state index contributed by atoms with van der Waals surface area (Å²) in [4.78, 5) is 14.6. The number of rotatable bonds is 20. The van der Waals surface area contributed by atoms with Crippen molar-refractivity contribution in [2.24, 2.45) is 20.5 Å². The van der Waals surface area contributed by atoms with Crippen LogP contribution in [0, 0.1) is 0 Å². The highest BCUT2D eigenvalue weighted by molar-refractivity contribution is 9.09. The van der Waals surface area contributed by atoms with Gasteiger partial charge in [-0.05, 0) is 138 Å². The summed E-state index contributed by atoms with van der Waals surface area (Å²) in [6.45, 7) is 13.7. The number of nitrogens with zero attached hydrogens (tertiary/aromatic N) is 10. The van der Waals surface area contributed by atoms with Crippen molar-refractivity contribution in [1.82, 2.24) is 9.97 Å². The summed E-state index contributed by atoms with van der Waals surface area (Å²) in [6.07, 6.45) is 16.2. The number of benzene rings is 3. The summed E-state index contributed by atoms with van der Waals surface area (Å²) in [6, 6.07) is 36.1. The first-order valence-corrected chi connectivity index (χ1v) is 22.7. The Morgan fingerprint density at radius 2 is 0.968 bits per heavy atom. The number of hydrogen-bond donors (Lipinski definition) is 2. The number of hydrazine groups is 1. The van der Waals surface area contributed by atoms with Crippen LogP contribution in [-0.2, 0) is 6.54 Å². The number of azo groups is 2. The second kappa shape index (κ2) is 30.3. The number of nitrogens with one attached hydrogen (secondary N) is 2. The number of unbranched alkanes of at least 4 members (excludes halogenated alkanes) is 3. The molecule has 3 aromatic heterocycles. The first-order chi connectivity index (χ1) is 30.3. The molecule has 14 heteroatoms. The van der Waals surface area contributed by atoms with Crippen molar-refractivity contribution in [3.8, 4) is 0 Å². The van der Waals surface area contributed by atoms with E-state index in [0.717, 1.165) is 72.2 Å². The first-order valence-electron chi connectivity index (χ1n) is 21.5. The normalized spacial score (nSPS) is 10.5. The second-order valence-corrected chi connectivity index (χ2v) is 15.1. The molecule has 0 fully saturated rings. The van der Waals surface area contributed by atoms with Crippen LogP contribution in [0.15, 0.2) is 167 Å². The predicted octanol–water partition coefficient (Wildman–Crippen LogP) is 10.1. The highest BCUT2D eigenvalue weighted by Gasteiger charge is 2.04. The van der Waals surface area contributed by atoms with Crippen molar-refractivity contribution < 1.29 is 21.5 Å². The minimum absolute atomic E-state index is 0. The molecule has 0 spiro atoms. The number of pyridine rings is 3. The molecule has 0 radical (unpaired) electrons. The molecule has 0 aliphatic carbocycles. The third-order valence-corrected chi connectivity index (χ3v) is 10.3. The Bertz CT molecular complexity index is 2110. The fourth-order valence-corrected chi connectivity index (χ4v) is 6.51. The number of anilines is 5. The lowest BCUT2D eigenvalue weighted by Gasteiger charge is -2.20. The Balaban J connectivity index is 0.000000256. The SMILES string of the molecule is CCN(CC)c1ccc(N=Nc2cc[n+](CCCCCCBr)cc2)cc1.CCN(CC)c1ccc(N=Nc2ccncc2)cc1.CN(C)c1ccc(NNc2cccnc2)cc1.[Br-]. The zero-order valence-corrected chi connectivity index (χ0v) is 40.8. The van der Waals surface area contributed by atoms with E-state index < -0.39 is 0 Å². The highest BCUT2D eigenvalue weighted by Crippen LogP contribution is 2.23. The fraction of sp³-hybridized carbons (Fsp3) is 0.327. The molecule has 0 aliphatic heterocycles. The van der Waals surface area contributed by atoms with E-state index in [1.165, 1.54) is 42.7 Å². The van der Waals surface area contributed by atoms with Gasteiger partial charge in [-0.2, -0.15) is 20.5 Å². The van der Waals surface area contributed by atoms with Crippen LogP contribution in [0.4, 0.5) is 51.2 Å². The average molecular weight is 981 g/mol. The van der Waals surface area contributed by atoms with Crippen LogP contribution in [0.1, 0.15) is 53.4 Å². The van der Waals surface area contributed by atoms with Gasteiger partial charge in [0.15, 0.2) is 12.4 Å². The molecular formula is C49H64Br2N12. The van der Waals surface area contributed by atoms with Crippen molar-refractivity contribution >= 4 is 67.1 Å². The van der Waals surface area contributed by atoms with Crippen LogP contribution in [0.3, 0.4) is 0 Å². The monoisotopic (exact) mass is 978 g/mol. The summed E-state index contributed by atoms with van der Waals surface area (Å²) in [5.74, 6) is 0. The van der Waals surface area contributed by atoms with Crippen molar-refractivity contribution in [2.75, 3.05) is 71.2 Å². The molecule has 2 N–H and O–H groups in total. The van der Waals surface area contributed by atoms with Gasteiger partial charge in [-0.1, -0.05) is 22.4 Å². The molecule has 3 heterocycles. The largest absolute Gasteiger partial charge is 1.00 e. The number of halogens is 2. The molecule has 6 rings (SSSR count). The molecule has 0 saturated heterocycles. The Morgan fingerprint density at radius 3 is 1.43 bits per heavy atom. The zero-order chi connectivity index (χ0) is 44.2. The van der Waals surface area contributed by atoms with E-state index in [9.17, 15) is 0 Å². The van der Waals surface area contributed by atoms with E-state index in [1.54, 1.807) is 24.8 Å². The Kier molecular flexibility index (Phi) is 24.9. The van der Waals surface area contributed by atoms with Crippen LogP contribution >= 0.6 is 15.9 Å². The van der Waals surface area contributed by atoms with Gasteiger partial charge in [0.2, 0.25) is 0 Å².